The van der Waals surface area contributed by atoms with Gasteiger partial charge in [-0.05, 0) is 12.8 Å². The molecule has 13 heavy (non-hydrogen) atoms. The van der Waals surface area contributed by atoms with Gasteiger partial charge in [0.05, 0.1) is 6.54 Å². The quantitative estimate of drug-likeness (QED) is 0.678. The lowest BCUT2D eigenvalue weighted by atomic mass is 10.4. The molecule has 1 heterocycles. The minimum Gasteiger partial charge on any atom is -0.347 e. The van der Waals surface area contributed by atoms with Crippen molar-refractivity contribution in [1.82, 2.24) is 10.2 Å². The van der Waals surface area contributed by atoms with E-state index in [2.05, 4.69) is 5.32 Å². The van der Waals surface area contributed by atoms with Crippen molar-refractivity contribution in [3.8, 4) is 0 Å². The maximum atomic E-state index is 11.4. The third-order valence-electron chi connectivity index (χ3n) is 2.22. The fourth-order valence-electron chi connectivity index (χ4n) is 1.38. The second-order valence-corrected chi connectivity index (χ2v) is 3.22. The Kier molecular flexibility index (Phi) is 3.73. The van der Waals surface area contributed by atoms with Crippen LogP contribution in [-0.4, -0.2) is 36.3 Å². The first-order chi connectivity index (χ1) is 6.24. The molecular formula is C9H16N2O2. The minimum absolute atomic E-state index is 0.0410. The Hall–Kier alpha value is -1.06. The van der Waals surface area contributed by atoms with Crippen molar-refractivity contribution in [3.05, 3.63) is 0 Å². The van der Waals surface area contributed by atoms with Gasteiger partial charge in [-0.25, -0.2) is 0 Å². The van der Waals surface area contributed by atoms with Gasteiger partial charge < -0.3 is 10.2 Å². The molecule has 0 bridgehead atoms. The summed E-state index contributed by atoms with van der Waals surface area (Å²) in [5.74, 6) is -0.0214. The van der Waals surface area contributed by atoms with Crippen LogP contribution >= 0.6 is 0 Å². The highest BCUT2D eigenvalue weighted by Gasteiger charge is 2.17. The fourth-order valence-corrected chi connectivity index (χ4v) is 1.38. The fraction of sp³-hybridized carbons (Fsp3) is 0.778. The van der Waals surface area contributed by atoms with E-state index in [4.69, 9.17) is 0 Å². The van der Waals surface area contributed by atoms with E-state index < -0.39 is 0 Å². The Balaban J connectivity index is 2.20. The smallest absolute Gasteiger partial charge is 0.241 e. The van der Waals surface area contributed by atoms with Crippen molar-refractivity contribution in [3.63, 3.8) is 0 Å². The molecule has 2 amide bonds. The van der Waals surface area contributed by atoms with E-state index in [-0.39, 0.29) is 18.4 Å². The summed E-state index contributed by atoms with van der Waals surface area (Å²) in [5.41, 5.74) is 0. The van der Waals surface area contributed by atoms with Crippen LogP contribution in [0.3, 0.4) is 0 Å². The maximum Gasteiger partial charge on any atom is 0.241 e. The molecule has 4 heteroatoms. The van der Waals surface area contributed by atoms with Gasteiger partial charge in [0, 0.05) is 19.5 Å². The second-order valence-electron chi connectivity index (χ2n) is 3.22. The number of carbonyl (C=O) groups excluding carboxylic acids is 2. The Labute approximate surface area is 78.3 Å². The molecule has 0 aromatic rings. The first kappa shape index (κ1) is 10.0. The van der Waals surface area contributed by atoms with Gasteiger partial charge in [0.25, 0.3) is 0 Å². The van der Waals surface area contributed by atoms with E-state index in [1.807, 2.05) is 0 Å². The molecule has 74 valence electrons. The van der Waals surface area contributed by atoms with Crippen LogP contribution in [0.1, 0.15) is 26.2 Å². The molecule has 0 aromatic carbocycles. The zero-order chi connectivity index (χ0) is 9.68. The summed E-state index contributed by atoms with van der Waals surface area (Å²) in [7, 11) is 0. The topological polar surface area (TPSA) is 49.4 Å². The number of amides is 2. The molecule has 0 aromatic heterocycles. The molecule has 0 saturated carbocycles. The summed E-state index contributed by atoms with van der Waals surface area (Å²) in [6, 6.07) is 0. The summed E-state index contributed by atoms with van der Waals surface area (Å²) in [6.45, 7) is 3.63. The number of carbonyl (C=O) groups is 2. The number of rotatable bonds is 3. The summed E-state index contributed by atoms with van der Waals surface area (Å²) in [6.07, 6.45) is 2.62. The van der Waals surface area contributed by atoms with Crippen molar-refractivity contribution < 1.29 is 9.59 Å². The zero-order valence-corrected chi connectivity index (χ0v) is 8.01. The van der Waals surface area contributed by atoms with Gasteiger partial charge >= 0.3 is 0 Å². The van der Waals surface area contributed by atoms with Crippen molar-refractivity contribution in [2.75, 3.05) is 19.6 Å². The van der Waals surface area contributed by atoms with E-state index in [0.29, 0.717) is 6.42 Å². The highest BCUT2D eigenvalue weighted by atomic mass is 16.2. The number of likely N-dealkylation sites (tertiary alicyclic amines) is 1. The monoisotopic (exact) mass is 184 g/mol. The average Bonchev–Trinajstić information content (AvgIpc) is 2.66. The standard InChI is InChI=1S/C9H16N2O2/c1-2-8(12)10-7-9(13)11-5-3-4-6-11/h2-7H2,1H3,(H,10,12). The summed E-state index contributed by atoms with van der Waals surface area (Å²) >= 11 is 0. The predicted molar refractivity (Wildman–Crippen MR) is 49.1 cm³/mol. The lowest BCUT2D eigenvalue weighted by Gasteiger charge is -2.15. The molecule has 0 unspecified atom stereocenters. The lowest BCUT2D eigenvalue weighted by Crippen LogP contribution is -2.38. The average molecular weight is 184 g/mol. The van der Waals surface area contributed by atoms with Crippen LogP contribution in [0.25, 0.3) is 0 Å². The van der Waals surface area contributed by atoms with Crippen LogP contribution < -0.4 is 5.32 Å². The Morgan fingerprint density at radius 1 is 1.31 bits per heavy atom. The predicted octanol–water partition coefficient (Wildman–Crippen LogP) is 0.135. The normalized spacial score (nSPS) is 15.9. The SMILES string of the molecule is CCC(=O)NCC(=O)N1CCCC1. The van der Waals surface area contributed by atoms with Crippen LogP contribution in [0.4, 0.5) is 0 Å². The zero-order valence-electron chi connectivity index (χ0n) is 8.01. The Morgan fingerprint density at radius 2 is 1.92 bits per heavy atom. The van der Waals surface area contributed by atoms with E-state index >= 15 is 0 Å². The maximum absolute atomic E-state index is 11.4. The molecule has 4 nitrogen and oxygen atoms in total. The van der Waals surface area contributed by atoms with Crippen molar-refractivity contribution in [1.29, 1.82) is 0 Å². The minimum atomic E-state index is -0.0625. The van der Waals surface area contributed by atoms with Crippen molar-refractivity contribution in [2.24, 2.45) is 0 Å². The van der Waals surface area contributed by atoms with Gasteiger partial charge in [-0.3, -0.25) is 9.59 Å². The van der Waals surface area contributed by atoms with Crippen LogP contribution in [0.2, 0.25) is 0 Å². The van der Waals surface area contributed by atoms with Gasteiger partial charge in [-0.15, -0.1) is 0 Å². The molecule has 0 spiro atoms. The molecule has 1 aliphatic heterocycles. The van der Waals surface area contributed by atoms with E-state index in [1.165, 1.54) is 0 Å². The Morgan fingerprint density at radius 3 is 2.46 bits per heavy atom. The van der Waals surface area contributed by atoms with E-state index in [0.717, 1.165) is 25.9 Å². The second kappa shape index (κ2) is 4.84. The number of nitrogens with zero attached hydrogens (tertiary/aromatic N) is 1. The van der Waals surface area contributed by atoms with Gasteiger partial charge in [-0.1, -0.05) is 6.92 Å². The first-order valence-electron chi connectivity index (χ1n) is 4.78. The molecule has 0 radical (unpaired) electrons. The van der Waals surface area contributed by atoms with Crippen LogP contribution in [0, 0.1) is 0 Å². The van der Waals surface area contributed by atoms with E-state index in [9.17, 15) is 9.59 Å². The molecule has 1 saturated heterocycles. The number of nitrogens with one attached hydrogen (secondary N) is 1. The van der Waals surface area contributed by atoms with Crippen LogP contribution in [0.5, 0.6) is 0 Å². The Bertz CT molecular complexity index is 198. The largest absolute Gasteiger partial charge is 0.347 e. The van der Waals surface area contributed by atoms with Crippen molar-refractivity contribution in [2.45, 2.75) is 26.2 Å². The molecule has 1 rings (SSSR count). The van der Waals surface area contributed by atoms with Gasteiger partial charge in [0.2, 0.25) is 11.8 Å². The molecule has 1 N–H and O–H groups in total. The van der Waals surface area contributed by atoms with E-state index in [1.54, 1.807) is 11.8 Å². The number of hydrogen-bond acceptors (Lipinski definition) is 2. The van der Waals surface area contributed by atoms with Gasteiger partial charge in [0.15, 0.2) is 0 Å². The summed E-state index contributed by atoms with van der Waals surface area (Å²) < 4.78 is 0. The molecule has 0 atom stereocenters. The van der Waals surface area contributed by atoms with Crippen LogP contribution in [-0.2, 0) is 9.59 Å². The van der Waals surface area contributed by atoms with Crippen molar-refractivity contribution >= 4 is 11.8 Å². The van der Waals surface area contributed by atoms with Gasteiger partial charge in [0.1, 0.15) is 0 Å². The third kappa shape index (κ3) is 3.05. The summed E-state index contributed by atoms with van der Waals surface area (Å²) in [4.78, 5) is 24.0. The summed E-state index contributed by atoms with van der Waals surface area (Å²) in [5, 5.41) is 2.58. The van der Waals surface area contributed by atoms with Gasteiger partial charge in [-0.2, -0.15) is 0 Å². The molecule has 1 aliphatic rings. The highest BCUT2D eigenvalue weighted by Crippen LogP contribution is 2.06. The first-order valence-corrected chi connectivity index (χ1v) is 4.78. The molecule has 1 fully saturated rings. The lowest BCUT2D eigenvalue weighted by molar-refractivity contribution is -0.131. The highest BCUT2D eigenvalue weighted by molar-refractivity contribution is 5.84. The molecular weight excluding hydrogens is 168 g/mol. The molecule has 0 aliphatic carbocycles. The third-order valence-corrected chi connectivity index (χ3v) is 2.22. The number of hydrogen-bond donors (Lipinski definition) is 1. The van der Waals surface area contributed by atoms with Crippen LogP contribution in [0.15, 0.2) is 0 Å².